The van der Waals surface area contributed by atoms with E-state index in [2.05, 4.69) is 16.9 Å². The first-order valence-electron chi connectivity index (χ1n) is 5.81. The monoisotopic (exact) mass is 231 g/mol. The molecule has 2 aromatic rings. The number of pyridine rings is 1. The van der Waals surface area contributed by atoms with E-state index in [1.165, 1.54) is 0 Å². The predicted octanol–water partition coefficient (Wildman–Crippen LogP) is 1.88. The highest BCUT2D eigenvalue weighted by atomic mass is 16.3. The molecule has 90 valence electrons. The Kier molecular flexibility index (Phi) is 3.54. The first-order chi connectivity index (χ1) is 8.22. The van der Waals surface area contributed by atoms with Crippen LogP contribution in [0.15, 0.2) is 30.9 Å². The van der Waals surface area contributed by atoms with Crippen molar-refractivity contribution in [2.45, 2.75) is 32.9 Å². The van der Waals surface area contributed by atoms with E-state index in [0.29, 0.717) is 6.42 Å². The van der Waals surface area contributed by atoms with E-state index in [4.69, 9.17) is 0 Å². The lowest BCUT2D eigenvalue weighted by molar-refractivity contribution is 0.173. The average Bonchev–Trinajstić information content (AvgIpc) is 2.76. The first-order valence-corrected chi connectivity index (χ1v) is 5.81. The van der Waals surface area contributed by atoms with Gasteiger partial charge in [-0.05, 0) is 25.5 Å². The molecule has 0 fully saturated rings. The molecule has 0 aliphatic rings. The van der Waals surface area contributed by atoms with Gasteiger partial charge in [0.1, 0.15) is 5.82 Å². The third-order valence-electron chi connectivity index (χ3n) is 2.96. The van der Waals surface area contributed by atoms with Gasteiger partial charge in [-0.15, -0.1) is 0 Å². The summed E-state index contributed by atoms with van der Waals surface area (Å²) in [5.74, 6) is 0.906. The molecule has 2 aromatic heterocycles. The van der Waals surface area contributed by atoms with Gasteiger partial charge in [0.2, 0.25) is 0 Å². The van der Waals surface area contributed by atoms with Crippen LogP contribution < -0.4 is 0 Å². The van der Waals surface area contributed by atoms with Crippen molar-refractivity contribution in [2.75, 3.05) is 0 Å². The summed E-state index contributed by atoms with van der Waals surface area (Å²) in [7, 11) is 0. The summed E-state index contributed by atoms with van der Waals surface area (Å²) < 4.78 is 2.04. The van der Waals surface area contributed by atoms with Crippen LogP contribution in [0.2, 0.25) is 0 Å². The number of nitrogens with zero attached hydrogens (tertiary/aromatic N) is 3. The summed E-state index contributed by atoms with van der Waals surface area (Å²) in [4.78, 5) is 8.32. The Morgan fingerprint density at radius 3 is 2.94 bits per heavy atom. The normalized spacial score (nSPS) is 12.6. The van der Waals surface area contributed by atoms with Crippen molar-refractivity contribution in [1.29, 1.82) is 0 Å². The quantitative estimate of drug-likeness (QED) is 0.874. The van der Waals surface area contributed by atoms with Crippen LogP contribution in [0.3, 0.4) is 0 Å². The van der Waals surface area contributed by atoms with Crippen molar-refractivity contribution in [2.24, 2.45) is 0 Å². The van der Waals surface area contributed by atoms with Gasteiger partial charge in [-0.25, -0.2) is 4.98 Å². The minimum absolute atomic E-state index is 0.521. The lowest BCUT2D eigenvalue weighted by Crippen LogP contribution is -2.09. The Labute approximate surface area is 101 Å². The van der Waals surface area contributed by atoms with Gasteiger partial charge in [0.25, 0.3) is 0 Å². The molecule has 0 saturated heterocycles. The first kappa shape index (κ1) is 11.8. The SMILES string of the molecule is CCn1ccnc1CC(O)c1cnccc1C. The van der Waals surface area contributed by atoms with Crippen molar-refractivity contribution in [1.82, 2.24) is 14.5 Å². The molecule has 17 heavy (non-hydrogen) atoms. The van der Waals surface area contributed by atoms with Crippen LogP contribution in [-0.2, 0) is 13.0 Å². The zero-order chi connectivity index (χ0) is 12.3. The number of aliphatic hydroxyl groups is 1. The van der Waals surface area contributed by atoms with E-state index >= 15 is 0 Å². The molecule has 2 rings (SSSR count). The van der Waals surface area contributed by atoms with Crippen molar-refractivity contribution < 1.29 is 5.11 Å². The maximum absolute atomic E-state index is 10.2. The Bertz CT molecular complexity index is 493. The van der Waals surface area contributed by atoms with Crippen LogP contribution in [0.1, 0.15) is 30.0 Å². The van der Waals surface area contributed by atoms with Gasteiger partial charge in [0.05, 0.1) is 6.10 Å². The van der Waals surface area contributed by atoms with Crippen LogP contribution in [0.4, 0.5) is 0 Å². The molecule has 0 aliphatic carbocycles. The van der Waals surface area contributed by atoms with Crippen LogP contribution in [0.5, 0.6) is 0 Å². The highest BCUT2D eigenvalue weighted by Crippen LogP contribution is 2.19. The Morgan fingerprint density at radius 1 is 1.41 bits per heavy atom. The van der Waals surface area contributed by atoms with Crippen LogP contribution >= 0.6 is 0 Å². The lowest BCUT2D eigenvalue weighted by Gasteiger charge is -2.13. The lowest BCUT2D eigenvalue weighted by atomic mass is 10.0. The van der Waals surface area contributed by atoms with Crippen molar-refractivity contribution in [3.05, 3.63) is 47.8 Å². The molecule has 1 atom stereocenters. The number of aliphatic hydroxyl groups excluding tert-OH is 1. The van der Waals surface area contributed by atoms with Gasteiger partial charge in [-0.1, -0.05) is 0 Å². The second kappa shape index (κ2) is 5.10. The zero-order valence-corrected chi connectivity index (χ0v) is 10.2. The number of hydrogen-bond donors (Lipinski definition) is 1. The summed E-state index contributed by atoms with van der Waals surface area (Å²) >= 11 is 0. The average molecular weight is 231 g/mol. The zero-order valence-electron chi connectivity index (χ0n) is 10.2. The van der Waals surface area contributed by atoms with Gasteiger partial charge in [-0.3, -0.25) is 4.98 Å². The Hall–Kier alpha value is -1.68. The molecule has 0 aliphatic heterocycles. The largest absolute Gasteiger partial charge is 0.388 e. The van der Waals surface area contributed by atoms with Gasteiger partial charge < -0.3 is 9.67 Å². The van der Waals surface area contributed by atoms with E-state index in [1.54, 1.807) is 18.6 Å². The fourth-order valence-electron chi connectivity index (χ4n) is 1.93. The molecule has 0 spiro atoms. The maximum atomic E-state index is 10.2. The number of rotatable bonds is 4. The molecule has 1 unspecified atom stereocenters. The summed E-state index contributed by atoms with van der Waals surface area (Å²) in [6.07, 6.45) is 7.13. The van der Waals surface area contributed by atoms with Gasteiger partial charge in [-0.2, -0.15) is 0 Å². The van der Waals surface area contributed by atoms with E-state index in [0.717, 1.165) is 23.5 Å². The molecule has 0 amide bonds. The minimum atomic E-state index is -0.545. The van der Waals surface area contributed by atoms with E-state index in [9.17, 15) is 5.11 Å². The maximum Gasteiger partial charge on any atom is 0.111 e. The molecule has 1 N–H and O–H groups in total. The highest BCUT2D eigenvalue weighted by molar-refractivity contribution is 5.24. The van der Waals surface area contributed by atoms with Crippen molar-refractivity contribution in [3.63, 3.8) is 0 Å². The minimum Gasteiger partial charge on any atom is -0.388 e. The van der Waals surface area contributed by atoms with Crippen LogP contribution in [0.25, 0.3) is 0 Å². The summed E-state index contributed by atoms with van der Waals surface area (Å²) in [6.45, 7) is 4.91. The smallest absolute Gasteiger partial charge is 0.111 e. The van der Waals surface area contributed by atoms with Gasteiger partial charge in [0, 0.05) is 43.3 Å². The number of hydrogen-bond acceptors (Lipinski definition) is 3. The third-order valence-corrected chi connectivity index (χ3v) is 2.96. The van der Waals surface area contributed by atoms with Crippen molar-refractivity contribution in [3.8, 4) is 0 Å². The van der Waals surface area contributed by atoms with E-state index < -0.39 is 6.10 Å². The van der Waals surface area contributed by atoms with Crippen LogP contribution in [0, 0.1) is 6.92 Å². The van der Waals surface area contributed by atoms with E-state index in [-0.39, 0.29) is 0 Å². The van der Waals surface area contributed by atoms with Gasteiger partial charge in [0.15, 0.2) is 0 Å². The molecule has 0 radical (unpaired) electrons. The Morgan fingerprint density at radius 2 is 2.24 bits per heavy atom. The molecule has 0 bridgehead atoms. The molecular weight excluding hydrogens is 214 g/mol. The molecule has 2 heterocycles. The van der Waals surface area contributed by atoms with Crippen molar-refractivity contribution >= 4 is 0 Å². The number of imidazole rings is 1. The van der Waals surface area contributed by atoms with E-state index in [1.807, 2.05) is 23.8 Å². The number of aryl methyl sites for hydroxylation is 2. The Balaban J connectivity index is 2.17. The fraction of sp³-hybridized carbons (Fsp3) is 0.385. The molecule has 4 nitrogen and oxygen atoms in total. The topological polar surface area (TPSA) is 50.9 Å². The summed E-state index contributed by atoms with van der Waals surface area (Å²) in [6, 6.07) is 1.91. The summed E-state index contributed by atoms with van der Waals surface area (Å²) in [5.41, 5.74) is 1.93. The molecular formula is C13H17N3O. The molecule has 4 heteroatoms. The van der Waals surface area contributed by atoms with Crippen LogP contribution in [-0.4, -0.2) is 19.6 Å². The standard InChI is InChI=1S/C13H17N3O/c1-3-16-7-6-15-13(16)8-12(17)11-9-14-5-4-10(11)2/h4-7,9,12,17H,3,8H2,1-2H3. The highest BCUT2D eigenvalue weighted by Gasteiger charge is 2.14. The van der Waals surface area contributed by atoms with Gasteiger partial charge >= 0.3 is 0 Å². The summed E-state index contributed by atoms with van der Waals surface area (Å²) in [5, 5.41) is 10.2. The second-order valence-corrected chi connectivity index (χ2v) is 4.08. The fourth-order valence-corrected chi connectivity index (χ4v) is 1.93. The predicted molar refractivity (Wildman–Crippen MR) is 65.5 cm³/mol. The third kappa shape index (κ3) is 2.53. The number of aromatic nitrogens is 3. The molecule has 0 saturated carbocycles. The molecule has 0 aromatic carbocycles. The second-order valence-electron chi connectivity index (χ2n) is 4.08.